The van der Waals surface area contributed by atoms with Crippen LogP contribution < -0.4 is 5.32 Å². The van der Waals surface area contributed by atoms with Crippen molar-refractivity contribution >= 4 is 17.4 Å². The number of rotatable bonds is 3. The van der Waals surface area contributed by atoms with Crippen LogP contribution in [0.2, 0.25) is 5.15 Å². The van der Waals surface area contributed by atoms with Gasteiger partial charge >= 0.3 is 6.18 Å². The summed E-state index contributed by atoms with van der Waals surface area (Å²) in [6.45, 7) is 2.11. The van der Waals surface area contributed by atoms with Crippen LogP contribution in [0.25, 0.3) is 0 Å². The molecule has 0 fully saturated rings. The van der Waals surface area contributed by atoms with Crippen molar-refractivity contribution in [2.75, 3.05) is 5.32 Å². The van der Waals surface area contributed by atoms with Gasteiger partial charge in [0.25, 0.3) is 0 Å². The fourth-order valence-electron chi connectivity index (χ4n) is 1.64. The lowest BCUT2D eigenvalue weighted by Gasteiger charge is -2.09. The van der Waals surface area contributed by atoms with E-state index < -0.39 is 12.0 Å². The fourth-order valence-corrected chi connectivity index (χ4v) is 1.83. The Morgan fingerprint density at radius 3 is 2.60 bits per heavy atom. The molecule has 0 aromatic carbocycles. The van der Waals surface area contributed by atoms with E-state index in [9.17, 15) is 13.2 Å². The van der Waals surface area contributed by atoms with Gasteiger partial charge in [0.1, 0.15) is 11.0 Å². The standard InChI is InChI=1S/C11H11ClF3N5/c1-6-7(5-20(2)19-6)4-16-9-3-8(12)17-10(18-9)11(13,14)15/h3,5H,4H2,1-2H3,(H,16,17,18). The molecule has 0 saturated carbocycles. The minimum absolute atomic E-state index is 0.0144. The number of nitrogens with zero attached hydrogens (tertiary/aromatic N) is 4. The van der Waals surface area contributed by atoms with Crippen LogP contribution in [0.15, 0.2) is 12.3 Å². The van der Waals surface area contributed by atoms with Crippen LogP contribution >= 0.6 is 11.6 Å². The van der Waals surface area contributed by atoms with Crippen LogP contribution in [0.5, 0.6) is 0 Å². The SMILES string of the molecule is Cc1nn(C)cc1CNc1cc(Cl)nc(C(F)(F)F)n1. The molecule has 2 heterocycles. The Bertz CT molecular complexity index is 623. The largest absolute Gasteiger partial charge is 0.451 e. The highest BCUT2D eigenvalue weighted by atomic mass is 35.5. The number of aryl methyl sites for hydroxylation is 2. The van der Waals surface area contributed by atoms with Crippen molar-refractivity contribution in [3.05, 3.63) is 34.5 Å². The molecule has 5 nitrogen and oxygen atoms in total. The number of halogens is 4. The van der Waals surface area contributed by atoms with Crippen molar-refractivity contribution in [3.8, 4) is 0 Å². The summed E-state index contributed by atoms with van der Waals surface area (Å²) in [5.74, 6) is -1.25. The molecule has 0 atom stereocenters. The molecule has 2 aromatic rings. The first kappa shape index (κ1) is 14.6. The zero-order chi connectivity index (χ0) is 14.9. The third kappa shape index (κ3) is 3.38. The maximum Gasteiger partial charge on any atom is 0.451 e. The van der Waals surface area contributed by atoms with E-state index in [0.29, 0.717) is 6.54 Å². The van der Waals surface area contributed by atoms with Gasteiger partial charge in [-0.3, -0.25) is 4.68 Å². The van der Waals surface area contributed by atoms with Gasteiger partial charge in [-0.2, -0.15) is 18.3 Å². The van der Waals surface area contributed by atoms with Gasteiger partial charge in [0.05, 0.1) is 5.69 Å². The molecule has 9 heteroatoms. The van der Waals surface area contributed by atoms with Gasteiger partial charge in [-0.25, -0.2) is 9.97 Å². The second kappa shape index (κ2) is 5.28. The monoisotopic (exact) mass is 305 g/mol. The van der Waals surface area contributed by atoms with Gasteiger partial charge in [0.15, 0.2) is 0 Å². The van der Waals surface area contributed by atoms with Gasteiger partial charge in [-0.15, -0.1) is 0 Å². The predicted octanol–water partition coefficient (Wildman–Crippen LogP) is 2.80. The summed E-state index contributed by atoms with van der Waals surface area (Å²) in [7, 11) is 1.76. The number of hydrogen-bond donors (Lipinski definition) is 1. The highest BCUT2D eigenvalue weighted by Gasteiger charge is 2.35. The maximum absolute atomic E-state index is 12.6. The van der Waals surface area contributed by atoms with Crippen LogP contribution in [-0.2, 0) is 19.8 Å². The molecule has 0 aliphatic heterocycles. The van der Waals surface area contributed by atoms with Crippen molar-refractivity contribution in [2.24, 2.45) is 7.05 Å². The summed E-state index contributed by atoms with van der Waals surface area (Å²) in [6, 6.07) is 1.24. The van der Waals surface area contributed by atoms with E-state index in [0.717, 1.165) is 11.3 Å². The van der Waals surface area contributed by atoms with Gasteiger partial charge in [0, 0.05) is 31.4 Å². The molecule has 0 aliphatic rings. The Balaban J connectivity index is 2.18. The summed E-state index contributed by atoms with van der Waals surface area (Å²) < 4.78 is 39.3. The smallest absolute Gasteiger partial charge is 0.366 e. The molecular weight excluding hydrogens is 295 g/mol. The number of anilines is 1. The molecular formula is C11H11ClF3N5. The van der Waals surface area contributed by atoms with Crippen LogP contribution in [0.1, 0.15) is 17.1 Å². The highest BCUT2D eigenvalue weighted by Crippen LogP contribution is 2.28. The second-order valence-electron chi connectivity index (χ2n) is 4.16. The topological polar surface area (TPSA) is 55.6 Å². The lowest BCUT2D eigenvalue weighted by molar-refractivity contribution is -0.144. The van der Waals surface area contributed by atoms with Gasteiger partial charge < -0.3 is 5.32 Å². The van der Waals surface area contributed by atoms with E-state index in [1.165, 1.54) is 6.07 Å². The van der Waals surface area contributed by atoms with Crippen LogP contribution in [0, 0.1) is 6.92 Å². The third-order valence-electron chi connectivity index (χ3n) is 2.52. The summed E-state index contributed by atoms with van der Waals surface area (Å²) in [5.41, 5.74) is 1.65. The normalized spacial score (nSPS) is 11.7. The van der Waals surface area contributed by atoms with E-state index in [1.54, 1.807) is 17.9 Å². The second-order valence-corrected chi connectivity index (χ2v) is 4.55. The van der Waals surface area contributed by atoms with Crippen molar-refractivity contribution in [1.82, 2.24) is 19.7 Å². The van der Waals surface area contributed by atoms with Crippen LogP contribution in [-0.4, -0.2) is 19.7 Å². The molecule has 0 saturated heterocycles. The first-order valence-electron chi connectivity index (χ1n) is 5.60. The molecule has 0 aliphatic carbocycles. The maximum atomic E-state index is 12.6. The molecule has 0 amide bonds. The third-order valence-corrected chi connectivity index (χ3v) is 2.72. The van der Waals surface area contributed by atoms with E-state index in [4.69, 9.17) is 11.6 Å². The predicted molar refractivity (Wildman–Crippen MR) is 67.3 cm³/mol. The van der Waals surface area contributed by atoms with E-state index >= 15 is 0 Å². The molecule has 0 unspecified atom stereocenters. The molecule has 1 N–H and O–H groups in total. The summed E-state index contributed by atoms with van der Waals surface area (Å²) in [5, 5.41) is 6.65. The average Bonchev–Trinajstić information content (AvgIpc) is 2.63. The average molecular weight is 306 g/mol. The zero-order valence-corrected chi connectivity index (χ0v) is 11.4. The van der Waals surface area contributed by atoms with Crippen molar-refractivity contribution < 1.29 is 13.2 Å². The minimum Gasteiger partial charge on any atom is -0.366 e. The number of hydrogen-bond acceptors (Lipinski definition) is 4. The zero-order valence-electron chi connectivity index (χ0n) is 10.7. The van der Waals surface area contributed by atoms with Crippen molar-refractivity contribution in [1.29, 1.82) is 0 Å². The highest BCUT2D eigenvalue weighted by molar-refractivity contribution is 6.29. The molecule has 108 valence electrons. The van der Waals surface area contributed by atoms with Crippen molar-refractivity contribution in [2.45, 2.75) is 19.6 Å². The number of aromatic nitrogens is 4. The first-order chi connectivity index (χ1) is 9.25. The Kier molecular flexibility index (Phi) is 3.85. The van der Waals surface area contributed by atoms with Crippen molar-refractivity contribution in [3.63, 3.8) is 0 Å². The van der Waals surface area contributed by atoms with Crippen LogP contribution in [0.3, 0.4) is 0 Å². The Labute approximate surface area is 117 Å². The molecule has 0 spiro atoms. The number of alkyl halides is 3. The first-order valence-corrected chi connectivity index (χ1v) is 5.98. The summed E-state index contributed by atoms with van der Waals surface area (Å²) >= 11 is 5.57. The molecule has 0 radical (unpaired) electrons. The Morgan fingerprint density at radius 1 is 1.35 bits per heavy atom. The lowest BCUT2D eigenvalue weighted by Crippen LogP contribution is -2.13. The lowest BCUT2D eigenvalue weighted by atomic mass is 10.2. The molecule has 20 heavy (non-hydrogen) atoms. The summed E-state index contributed by atoms with van der Waals surface area (Å²) in [6.07, 6.45) is -2.86. The Morgan fingerprint density at radius 2 is 2.05 bits per heavy atom. The van der Waals surface area contributed by atoms with Gasteiger partial charge in [-0.05, 0) is 6.92 Å². The molecule has 2 aromatic heterocycles. The number of nitrogens with one attached hydrogen (secondary N) is 1. The Hall–Kier alpha value is -1.83. The van der Waals surface area contributed by atoms with Crippen LogP contribution in [0.4, 0.5) is 19.0 Å². The molecule has 2 rings (SSSR count). The van der Waals surface area contributed by atoms with E-state index in [1.807, 2.05) is 6.92 Å². The summed E-state index contributed by atoms with van der Waals surface area (Å²) in [4.78, 5) is 6.55. The van der Waals surface area contributed by atoms with Gasteiger partial charge in [0.2, 0.25) is 5.82 Å². The fraction of sp³-hybridized carbons (Fsp3) is 0.364. The molecule has 0 bridgehead atoms. The van der Waals surface area contributed by atoms with E-state index in [-0.39, 0.29) is 11.0 Å². The quantitative estimate of drug-likeness (QED) is 0.886. The minimum atomic E-state index is -4.63. The van der Waals surface area contributed by atoms with Gasteiger partial charge in [-0.1, -0.05) is 11.6 Å². The van der Waals surface area contributed by atoms with E-state index in [2.05, 4.69) is 20.4 Å².